The molecule has 0 heterocycles. The Morgan fingerprint density at radius 3 is 1.71 bits per heavy atom. The Balaban J connectivity index is 4.23. The summed E-state index contributed by atoms with van der Waals surface area (Å²) in [7, 11) is 2.08. The van der Waals surface area contributed by atoms with Gasteiger partial charge in [-0.2, -0.15) is 0 Å². The second kappa shape index (κ2) is 29.3. The molecule has 0 aromatic heterocycles. The van der Waals surface area contributed by atoms with Crippen LogP contribution in [0.15, 0.2) is 0 Å². The number of aliphatic hydroxyl groups is 1. The molecule has 0 amide bonds. The molecule has 0 bridgehead atoms. The van der Waals surface area contributed by atoms with E-state index in [0.717, 1.165) is 52.0 Å². The third kappa shape index (κ3) is 25.6. The molecule has 0 aliphatic heterocycles. The summed E-state index contributed by atoms with van der Waals surface area (Å²) in [5, 5.41) is 9.16. The zero-order valence-electron chi connectivity index (χ0n) is 26.3. The highest BCUT2D eigenvalue weighted by molar-refractivity contribution is 5.69. The Bertz CT molecular complexity index is 489. The smallest absolute Gasteiger partial charge is 0.305 e. The van der Waals surface area contributed by atoms with E-state index < -0.39 is 0 Å². The van der Waals surface area contributed by atoms with Crippen LogP contribution in [0.3, 0.4) is 0 Å². The van der Waals surface area contributed by atoms with Crippen LogP contribution in [0.5, 0.6) is 0 Å². The first-order valence-electron chi connectivity index (χ1n) is 16.7. The van der Waals surface area contributed by atoms with Crippen LogP contribution in [0.1, 0.15) is 149 Å². The number of esters is 1. The van der Waals surface area contributed by atoms with Crippen LogP contribution < -0.4 is 0 Å². The van der Waals surface area contributed by atoms with Gasteiger partial charge in [0.25, 0.3) is 0 Å². The van der Waals surface area contributed by atoms with Crippen LogP contribution in [0.4, 0.5) is 0 Å². The average molecular weight is 541 g/mol. The second-order valence-electron chi connectivity index (χ2n) is 11.7. The van der Waals surface area contributed by atoms with Crippen molar-refractivity contribution in [3.8, 4) is 0 Å². The van der Waals surface area contributed by atoms with Gasteiger partial charge in [-0.05, 0) is 58.2 Å². The molecule has 5 nitrogen and oxygen atoms in total. The lowest BCUT2D eigenvalue weighted by molar-refractivity contribution is -0.145. The summed E-state index contributed by atoms with van der Waals surface area (Å²) < 4.78 is 5.77. The molecule has 0 aliphatic rings. The van der Waals surface area contributed by atoms with Crippen molar-refractivity contribution in [1.82, 2.24) is 9.80 Å². The summed E-state index contributed by atoms with van der Waals surface area (Å²) >= 11 is 0. The highest BCUT2D eigenvalue weighted by Gasteiger charge is 2.13. The molecule has 0 saturated carbocycles. The monoisotopic (exact) mass is 541 g/mol. The first-order valence-corrected chi connectivity index (χ1v) is 16.7. The number of nitrogens with zero attached hydrogens (tertiary/aromatic N) is 2. The number of likely N-dealkylation sites (N-methyl/N-ethyl adjacent to an activating group) is 1. The lowest BCUT2D eigenvalue weighted by Crippen LogP contribution is -2.35. The van der Waals surface area contributed by atoms with Crippen LogP contribution in [0, 0.1) is 5.92 Å². The molecular formula is C33H68N2O3. The Kier molecular flexibility index (Phi) is 28.8. The van der Waals surface area contributed by atoms with Gasteiger partial charge in [-0.3, -0.25) is 4.79 Å². The molecule has 0 radical (unpaired) electrons. The molecule has 0 rings (SSSR count). The fourth-order valence-electron chi connectivity index (χ4n) is 5.14. The molecule has 0 saturated heterocycles. The van der Waals surface area contributed by atoms with Gasteiger partial charge in [0.15, 0.2) is 0 Å². The van der Waals surface area contributed by atoms with Gasteiger partial charge in [-0.25, -0.2) is 0 Å². The van der Waals surface area contributed by atoms with E-state index >= 15 is 0 Å². The van der Waals surface area contributed by atoms with Crippen molar-refractivity contribution in [2.75, 3.05) is 53.0 Å². The normalized spacial score (nSPS) is 12.5. The van der Waals surface area contributed by atoms with Crippen LogP contribution in [-0.2, 0) is 9.53 Å². The predicted molar refractivity (Wildman–Crippen MR) is 165 cm³/mol. The number of rotatable bonds is 30. The lowest BCUT2D eigenvalue weighted by Gasteiger charge is -2.25. The molecule has 228 valence electrons. The minimum absolute atomic E-state index is 0.00792. The van der Waals surface area contributed by atoms with Gasteiger partial charge >= 0.3 is 5.97 Å². The number of carbonyl (C=O) groups excluding carboxylic acids is 1. The minimum atomic E-state index is 0.00792. The van der Waals surface area contributed by atoms with Gasteiger partial charge in [-0.15, -0.1) is 0 Å². The Morgan fingerprint density at radius 2 is 1.13 bits per heavy atom. The van der Waals surface area contributed by atoms with E-state index in [4.69, 9.17) is 9.84 Å². The molecular weight excluding hydrogens is 472 g/mol. The molecule has 38 heavy (non-hydrogen) atoms. The fourth-order valence-corrected chi connectivity index (χ4v) is 5.14. The van der Waals surface area contributed by atoms with Gasteiger partial charge < -0.3 is 19.6 Å². The van der Waals surface area contributed by atoms with Gasteiger partial charge in [-0.1, -0.05) is 111 Å². The van der Waals surface area contributed by atoms with E-state index in [9.17, 15) is 4.79 Å². The number of carbonyl (C=O) groups is 1. The van der Waals surface area contributed by atoms with Crippen molar-refractivity contribution < 1.29 is 14.6 Å². The number of hydrogen-bond donors (Lipinski definition) is 1. The first kappa shape index (κ1) is 37.4. The molecule has 1 N–H and O–H groups in total. The zero-order valence-corrected chi connectivity index (χ0v) is 26.3. The van der Waals surface area contributed by atoms with Crippen LogP contribution in [0.25, 0.3) is 0 Å². The topological polar surface area (TPSA) is 53.0 Å². The standard InChI is InChI=1S/C33H68N2O3/c1-5-8-11-14-15-18-23-32(22-17-12-9-6-2)31-38-33(37)24-19-16-21-26-35(25-20-13-10-7-3)28-27-34(4)29-30-36/h32,36H,5-31H2,1-4H3. The van der Waals surface area contributed by atoms with Gasteiger partial charge in [0, 0.05) is 26.1 Å². The third-order valence-electron chi connectivity index (χ3n) is 7.87. The van der Waals surface area contributed by atoms with Gasteiger partial charge in [0.1, 0.15) is 0 Å². The number of aliphatic hydroxyl groups excluding tert-OH is 1. The van der Waals surface area contributed by atoms with Crippen LogP contribution in [0.2, 0.25) is 0 Å². The van der Waals surface area contributed by atoms with Crippen molar-refractivity contribution in [2.45, 2.75) is 149 Å². The summed E-state index contributed by atoms with van der Waals surface area (Å²) in [5.41, 5.74) is 0. The number of unbranched alkanes of at least 4 members (excludes halogenated alkanes) is 13. The van der Waals surface area contributed by atoms with E-state index in [1.807, 2.05) is 0 Å². The molecule has 0 aromatic rings. The maximum absolute atomic E-state index is 12.5. The Labute approximate surface area is 238 Å². The maximum Gasteiger partial charge on any atom is 0.305 e. The molecule has 1 atom stereocenters. The van der Waals surface area contributed by atoms with E-state index in [0.29, 0.717) is 18.9 Å². The summed E-state index contributed by atoms with van der Waals surface area (Å²) in [6, 6.07) is 0. The molecule has 0 aliphatic carbocycles. The minimum Gasteiger partial charge on any atom is -0.465 e. The van der Waals surface area contributed by atoms with Crippen molar-refractivity contribution in [2.24, 2.45) is 5.92 Å². The summed E-state index contributed by atoms with van der Waals surface area (Å²) in [4.78, 5) is 17.2. The summed E-state index contributed by atoms with van der Waals surface area (Å²) in [6.07, 6.45) is 24.5. The van der Waals surface area contributed by atoms with E-state index in [-0.39, 0.29) is 12.6 Å². The molecule has 0 fully saturated rings. The van der Waals surface area contributed by atoms with Crippen molar-refractivity contribution in [3.63, 3.8) is 0 Å². The summed E-state index contributed by atoms with van der Waals surface area (Å²) in [6.45, 7) is 12.7. The molecule has 0 spiro atoms. The molecule has 0 aromatic carbocycles. The zero-order chi connectivity index (χ0) is 28.1. The van der Waals surface area contributed by atoms with Crippen LogP contribution >= 0.6 is 0 Å². The maximum atomic E-state index is 12.5. The predicted octanol–water partition coefficient (Wildman–Crippen LogP) is 8.23. The highest BCUT2D eigenvalue weighted by atomic mass is 16.5. The molecule has 1 unspecified atom stereocenters. The van der Waals surface area contributed by atoms with Crippen molar-refractivity contribution in [3.05, 3.63) is 0 Å². The quantitative estimate of drug-likeness (QED) is 0.0734. The Hall–Kier alpha value is -0.650. The Morgan fingerprint density at radius 1 is 0.632 bits per heavy atom. The van der Waals surface area contributed by atoms with E-state index in [2.05, 4.69) is 37.6 Å². The van der Waals surface area contributed by atoms with Gasteiger partial charge in [0.2, 0.25) is 0 Å². The third-order valence-corrected chi connectivity index (χ3v) is 7.87. The van der Waals surface area contributed by atoms with Gasteiger partial charge in [0.05, 0.1) is 13.2 Å². The second-order valence-corrected chi connectivity index (χ2v) is 11.7. The molecule has 5 heteroatoms. The average Bonchev–Trinajstić information content (AvgIpc) is 2.91. The lowest BCUT2D eigenvalue weighted by atomic mass is 9.95. The fraction of sp³-hybridized carbons (Fsp3) is 0.970. The van der Waals surface area contributed by atoms with E-state index in [1.165, 1.54) is 103 Å². The first-order chi connectivity index (χ1) is 18.6. The largest absolute Gasteiger partial charge is 0.465 e. The highest BCUT2D eigenvalue weighted by Crippen LogP contribution is 2.20. The SMILES string of the molecule is CCCCCCCCC(CCCCCC)COC(=O)CCCCCN(CCCCCC)CCN(C)CCO. The van der Waals surface area contributed by atoms with Crippen molar-refractivity contribution in [1.29, 1.82) is 0 Å². The van der Waals surface area contributed by atoms with Crippen LogP contribution in [-0.4, -0.2) is 73.9 Å². The van der Waals surface area contributed by atoms with E-state index in [1.54, 1.807) is 0 Å². The van der Waals surface area contributed by atoms with Crippen molar-refractivity contribution >= 4 is 5.97 Å². The number of ether oxygens (including phenoxy) is 1. The number of hydrogen-bond acceptors (Lipinski definition) is 5. The summed E-state index contributed by atoms with van der Waals surface area (Å²) in [5.74, 6) is 0.556.